The molecular formula is C14H14ClN3O2. The first-order valence-electron chi connectivity index (χ1n) is 5.95. The molecule has 2 rings (SSSR count). The van der Waals surface area contributed by atoms with E-state index in [1.54, 1.807) is 12.3 Å². The number of nitrogens with two attached hydrogens (primary N) is 1. The van der Waals surface area contributed by atoms with E-state index in [2.05, 4.69) is 10.1 Å². The van der Waals surface area contributed by atoms with Gasteiger partial charge in [-0.3, -0.25) is 4.98 Å². The normalized spacial score (nSPS) is 11.6. The van der Waals surface area contributed by atoms with Crippen molar-refractivity contribution in [1.82, 2.24) is 4.98 Å². The molecule has 0 fully saturated rings. The van der Waals surface area contributed by atoms with Crippen LogP contribution in [0, 0.1) is 0 Å². The van der Waals surface area contributed by atoms with Crippen LogP contribution in [0.3, 0.4) is 0 Å². The number of aromatic nitrogens is 1. The van der Waals surface area contributed by atoms with Crippen molar-refractivity contribution in [3.63, 3.8) is 0 Å². The molecule has 0 spiro atoms. The fraction of sp³-hybridized carbons (Fsp3) is 0.143. The molecule has 0 saturated heterocycles. The number of amidine groups is 1. The summed E-state index contributed by atoms with van der Waals surface area (Å²) in [5.41, 5.74) is 7.63. The number of oxime groups is 1. The van der Waals surface area contributed by atoms with E-state index in [4.69, 9.17) is 27.3 Å². The summed E-state index contributed by atoms with van der Waals surface area (Å²) in [5, 5.41) is 12.3. The van der Waals surface area contributed by atoms with Crippen molar-refractivity contribution in [1.29, 1.82) is 0 Å². The van der Waals surface area contributed by atoms with Crippen molar-refractivity contribution >= 4 is 17.4 Å². The second-order valence-electron chi connectivity index (χ2n) is 4.08. The molecule has 0 saturated carbocycles. The maximum Gasteiger partial charge on any atom is 0.189 e. The van der Waals surface area contributed by atoms with E-state index < -0.39 is 0 Å². The molecule has 3 N–H and O–H groups in total. The lowest BCUT2D eigenvalue weighted by Crippen LogP contribution is -2.17. The molecule has 1 aromatic carbocycles. The van der Waals surface area contributed by atoms with Crippen molar-refractivity contribution in [2.24, 2.45) is 10.9 Å². The Labute approximate surface area is 121 Å². The molecule has 2 aromatic rings. The van der Waals surface area contributed by atoms with Crippen LogP contribution in [0.25, 0.3) is 0 Å². The first-order valence-corrected chi connectivity index (χ1v) is 6.33. The third-order valence-corrected chi connectivity index (χ3v) is 3.08. The molecule has 0 aliphatic carbocycles. The third kappa shape index (κ3) is 3.46. The van der Waals surface area contributed by atoms with E-state index in [1.165, 1.54) is 0 Å². The van der Waals surface area contributed by atoms with Crippen molar-refractivity contribution in [3.8, 4) is 0 Å². The number of rotatable bonds is 5. The summed E-state index contributed by atoms with van der Waals surface area (Å²) in [6.07, 6.45) is 1.57. The molecule has 0 amide bonds. The van der Waals surface area contributed by atoms with Gasteiger partial charge in [0.25, 0.3) is 0 Å². The average molecular weight is 292 g/mol. The monoisotopic (exact) mass is 291 g/mol. The minimum Gasteiger partial charge on any atom is -0.409 e. The van der Waals surface area contributed by atoms with Gasteiger partial charge >= 0.3 is 0 Å². The Morgan fingerprint density at radius 3 is 2.65 bits per heavy atom. The zero-order valence-corrected chi connectivity index (χ0v) is 11.4. The smallest absolute Gasteiger partial charge is 0.189 e. The van der Waals surface area contributed by atoms with E-state index in [-0.39, 0.29) is 5.84 Å². The molecular weight excluding hydrogens is 278 g/mol. The zero-order chi connectivity index (χ0) is 14.4. The highest BCUT2D eigenvalue weighted by atomic mass is 35.5. The number of hydrogen-bond donors (Lipinski definition) is 2. The molecule has 104 valence electrons. The van der Waals surface area contributed by atoms with Crippen LogP contribution < -0.4 is 5.73 Å². The summed E-state index contributed by atoms with van der Waals surface area (Å²) < 4.78 is 5.61. The van der Waals surface area contributed by atoms with Crippen LogP contribution >= 0.6 is 11.6 Å². The maximum atomic E-state index is 8.72. The number of ether oxygens (including phenoxy) is 1. The van der Waals surface area contributed by atoms with Crippen molar-refractivity contribution in [2.75, 3.05) is 0 Å². The van der Waals surface area contributed by atoms with Crippen LogP contribution in [0.2, 0.25) is 5.02 Å². The molecule has 20 heavy (non-hydrogen) atoms. The van der Waals surface area contributed by atoms with E-state index in [0.29, 0.717) is 23.9 Å². The lowest BCUT2D eigenvalue weighted by Gasteiger charge is -2.09. The summed E-state index contributed by atoms with van der Waals surface area (Å²) in [7, 11) is 0. The predicted octanol–water partition coefficient (Wildman–Crippen LogP) is 2.55. The molecule has 5 nitrogen and oxygen atoms in total. The van der Waals surface area contributed by atoms with Crippen molar-refractivity contribution in [3.05, 3.63) is 64.4 Å². The standard InChI is InChI=1S/C14H14ClN3O2/c15-12-6-2-1-4-10(12)8-20-9-11-5-3-7-17-13(11)14(16)18-19/h1-7,19H,8-9H2,(H2,16,18). The van der Waals surface area contributed by atoms with Gasteiger partial charge in [-0.1, -0.05) is 41.0 Å². The fourth-order valence-electron chi connectivity index (χ4n) is 1.72. The predicted molar refractivity (Wildman–Crippen MR) is 76.7 cm³/mol. The quantitative estimate of drug-likeness (QED) is 0.384. The lowest BCUT2D eigenvalue weighted by molar-refractivity contribution is 0.107. The Morgan fingerprint density at radius 1 is 1.20 bits per heavy atom. The highest BCUT2D eigenvalue weighted by molar-refractivity contribution is 6.31. The largest absolute Gasteiger partial charge is 0.409 e. The summed E-state index contributed by atoms with van der Waals surface area (Å²) in [4.78, 5) is 4.07. The summed E-state index contributed by atoms with van der Waals surface area (Å²) in [6.45, 7) is 0.675. The molecule has 0 aliphatic rings. The van der Waals surface area contributed by atoms with Gasteiger partial charge in [-0.15, -0.1) is 0 Å². The Balaban J connectivity index is 2.03. The van der Waals surface area contributed by atoms with Gasteiger partial charge in [-0.2, -0.15) is 0 Å². The average Bonchev–Trinajstić information content (AvgIpc) is 2.49. The number of hydrogen-bond acceptors (Lipinski definition) is 4. The maximum absolute atomic E-state index is 8.72. The van der Waals surface area contributed by atoms with Gasteiger partial charge in [-0.05, 0) is 17.7 Å². The number of halogens is 1. The van der Waals surface area contributed by atoms with Gasteiger partial charge in [0.1, 0.15) is 5.69 Å². The van der Waals surface area contributed by atoms with Gasteiger partial charge in [-0.25, -0.2) is 0 Å². The SMILES string of the molecule is NC(=NO)c1ncccc1COCc1ccccc1Cl. The van der Waals surface area contributed by atoms with Crippen LogP contribution in [-0.2, 0) is 18.0 Å². The first-order chi connectivity index (χ1) is 9.72. The molecule has 0 unspecified atom stereocenters. The minimum absolute atomic E-state index is 0.0399. The molecule has 0 radical (unpaired) electrons. The second kappa shape index (κ2) is 6.88. The Bertz CT molecular complexity index is 617. The lowest BCUT2D eigenvalue weighted by atomic mass is 10.2. The van der Waals surface area contributed by atoms with Gasteiger partial charge in [0.15, 0.2) is 5.84 Å². The Kier molecular flexibility index (Phi) is 4.92. The Hall–Kier alpha value is -2.11. The molecule has 0 aliphatic heterocycles. The van der Waals surface area contributed by atoms with E-state index in [0.717, 1.165) is 11.1 Å². The van der Waals surface area contributed by atoms with Crippen molar-refractivity contribution in [2.45, 2.75) is 13.2 Å². The fourth-order valence-corrected chi connectivity index (χ4v) is 1.91. The van der Waals surface area contributed by atoms with Crippen LogP contribution in [0.5, 0.6) is 0 Å². The van der Waals surface area contributed by atoms with E-state index >= 15 is 0 Å². The van der Waals surface area contributed by atoms with Crippen molar-refractivity contribution < 1.29 is 9.94 Å². The zero-order valence-electron chi connectivity index (χ0n) is 10.7. The summed E-state index contributed by atoms with van der Waals surface area (Å²) in [6, 6.07) is 11.1. The van der Waals surface area contributed by atoms with Crippen LogP contribution in [0.1, 0.15) is 16.8 Å². The highest BCUT2D eigenvalue weighted by Crippen LogP contribution is 2.17. The summed E-state index contributed by atoms with van der Waals surface area (Å²) in [5.74, 6) is -0.0399. The van der Waals surface area contributed by atoms with Gasteiger partial charge in [0.05, 0.1) is 13.2 Å². The van der Waals surface area contributed by atoms with Gasteiger partial charge in [0, 0.05) is 16.8 Å². The van der Waals surface area contributed by atoms with Crippen LogP contribution in [0.15, 0.2) is 47.8 Å². The van der Waals surface area contributed by atoms with Gasteiger partial charge < -0.3 is 15.7 Å². The van der Waals surface area contributed by atoms with E-state index in [9.17, 15) is 0 Å². The second-order valence-corrected chi connectivity index (χ2v) is 4.49. The Morgan fingerprint density at radius 2 is 1.90 bits per heavy atom. The first kappa shape index (κ1) is 14.3. The topological polar surface area (TPSA) is 80.7 Å². The number of pyridine rings is 1. The number of nitrogens with zero attached hydrogens (tertiary/aromatic N) is 2. The van der Waals surface area contributed by atoms with Crippen LogP contribution in [0.4, 0.5) is 0 Å². The third-order valence-electron chi connectivity index (χ3n) is 2.71. The molecule has 6 heteroatoms. The van der Waals surface area contributed by atoms with Crippen LogP contribution in [-0.4, -0.2) is 16.0 Å². The molecule has 0 atom stereocenters. The molecule has 1 aromatic heterocycles. The minimum atomic E-state index is -0.0399. The van der Waals surface area contributed by atoms with E-state index in [1.807, 2.05) is 30.3 Å². The van der Waals surface area contributed by atoms with Gasteiger partial charge in [0.2, 0.25) is 0 Å². The summed E-state index contributed by atoms with van der Waals surface area (Å²) >= 11 is 6.05. The highest BCUT2D eigenvalue weighted by Gasteiger charge is 2.08. The number of benzene rings is 1. The molecule has 1 heterocycles. The molecule has 0 bridgehead atoms.